The van der Waals surface area contributed by atoms with Crippen molar-refractivity contribution in [2.75, 3.05) is 6.61 Å². The summed E-state index contributed by atoms with van der Waals surface area (Å²) in [5.41, 5.74) is 0.816. The maximum absolute atomic E-state index is 11.8. The molecule has 108 valence electrons. The minimum Gasteiger partial charge on any atom is -0.493 e. The summed E-state index contributed by atoms with van der Waals surface area (Å²) in [5, 5.41) is 0. The molecule has 0 heterocycles. The van der Waals surface area contributed by atoms with Gasteiger partial charge >= 0.3 is 5.97 Å². The smallest absolute Gasteiger partial charge is 0.336 e. The number of hydrogen-bond acceptors (Lipinski definition) is 3. The van der Waals surface area contributed by atoms with Crippen molar-refractivity contribution in [3.05, 3.63) is 64.6 Å². The van der Waals surface area contributed by atoms with Crippen molar-refractivity contribution < 1.29 is 14.3 Å². The summed E-state index contributed by atoms with van der Waals surface area (Å²) in [5.74, 6) is 0.819. The van der Waals surface area contributed by atoms with Crippen LogP contribution >= 0.6 is 15.9 Å². The van der Waals surface area contributed by atoms with Crippen molar-refractivity contribution in [2.24, 2.45) is 0 Å². The Labute approximate surface area is 132 Å². The van der Waals surface area contributed by atoms with Crippen LogP contribution in [0.3, 0.4) is 0 Å². The molecule has 0 aliphatic heterocycles. The van der Waals surface area contributed by atoms with Crippen LogP contribution in [0, 0.1) is 0 Å². The van der Waals surface area contributed by atoms with E-state index in [1.165, 1.54) is 6.08 Å². The van der Waals surface area contributed by atoms with E-state index in [1.807, 2.05) is 43.3 Å². The zero-order chi connectivity index (χ0) is 15.1. The van der Waals surface area contributed by atoms with Gasteiger partial charge in [-0.3, -0.25) is 0 Å². The monoisotopic (exact) mass is 346 g/mol. The van der Waals surface area contributed by atoms with Crippen LogP contribution in [0.15, 0.2) is 59.1 Å². The molecule has 0 saturated carbocycles. The van der Waals surface area contributed by atoms with E-state index >= 15 is 0 Å². The Bertz CT molecular complexity index is 636. The van der Waals surface area contributed by atoms with Gasteiger partial charge in [-0.2, -0.15) is 0 Å². The topological polar surface area (TPSA) is 35.5 Å². The standard InChI is InChI=1S/C17H15BrO3/c1-2-20-16-10-9-14(18)12-13(16)8-11-17(19)21-15-6-4-3-5-7-15/h3-12H,2H2,1H3/b11-8+. The van der Waals surface area contributed by atoms with Gasteiger partial charge in [-0.1, -0.05) is 34.1 Å². The highest BCUT2D eigenvalue weighted by Crippen LogP contribution is 2.24. The molecule has 0 saturated heterocycles. The molecule has 3 nitrogen and oxygen atoms in total. The minimum absolute atomic E-state index is 0.427. The quantitative estimate of drug-likeness (QED) is 0.455. The van der Waals surface area contributed by atoms with Crippen molar-refractivity contribution in [1.29, 1.82) is 0 Å². The third kappa shape index (κ3) is 4.76. The predicted octanol–water partition coefficient (Wildman–Crippen LogP) is 4.47. The second kappa shape index (κ2) is 7.64. The molecule has 0 aliphatic rings. The number of ether oxygens (including phenoxy) is 2. The van der Waals surface area contributed by atoms with Crippen molar-refractivity contribution in [3.8, 4) is 11.5 Å². The number of para-hydroxylation sites is 1. The van der Waals surface area contributed by atoms with E-state index < -0.39 is 5.97 Å². The molecule has 0 amide bonds. The fraction of sp³-hybridized carbons (Fsp3) is 0.118. The first-order valence-corrected chi connectivity index (χ1v) is 7.35. The Morgan fingerprint density at radius 1 is 1.19 bits per heavy atom. The molecule has 0 aliphatic carbocycles. The van der Waals surface area contributed by atoms with Gasteiger partial charge in [0.1, 0.15) is 11.5 Å². The highest BCUT2D eigenvalue weighted by atomic mass is 79.9. The van der Waals surface area contributed by atoms with Gasteiger partial charge in [-0.25, -0.2) is 4.79 Å². The van der Waals surface area contributed by atoms with E-state index in [0.717, 1.165) is 15.8 Å². The molecule has 0 aromatic heterocycles. The number of hydrogen-bond donors (Lipinski definition) is 0. The number of carbonyl (C=O) groups excluding carboxylic acids is 1. The molecule has 4 heteroatoms. The van der Waals surface area contributed by atoms with Crippen LogP contribution in [-0.2, 0) is 4.79 Å². The van der Waals surface area contributed by atoms with E-state index in [0.29, 0.717) is 12.4 Å². The average Bonchev–Trinajstić information content (AvgIpc) is 2.49. The fourth-order valence-corrected chi connectivity index (χ4v) is 2.11. The van der Waals surface area contributed by atoms with Gasteiger partial charge in [-0.15, -0.1) is 0 Å². The highest BCUT2D eigenvalue weighted by molar-refractivity contribution is 9.10. The third-order valence-corrected chi connectivity index (χ3v) is 3.13. The SMILES string of the molecule is CCOc1ccc(Br)cc1/C=C/C(=O)Oc1ccccc1. The molecule has 0 fully saturated rings. The first-order chi connectivity index (χ1) is 10.2. The van der Waals surface area contributed by atoms with Gasteiger partial charge in [-0.05, 0) is 43.3 Å². The summed E-state index contributed by atoms with van der Waals surface area (Å²) in [6.45, 7) is 2.48. The summed E-state index contributed by atoms with van der Waals surface area (Å²) < 4.78 is 11.6. The second-order valence-corrected chi connectivity index (χ2v) is 5.10. The molecule has 2 aromatic rings. The number of rotatable bonds is 5. The third-order valence-electron chi connectivity index (χ3n) is 2.63. The Kier molecular flexibility index (Phi) is 5.58. The van der Waals surface area contributed by atoms with Crippen molar-refractivity contribution >= 4 is 28.0 Å². The molecule has 2 rings (SSSR count). The molecular formula is C17H15BrO3. The summed E-state index contributed by atoms with van der Waals surface area (Å²) in [4.78, 5) is 11.8. The molecule has 0 atom stereocenters. The van der Waals surface area contributed by atoms with Crippen molar-refractivity contribution in [1.82, 2.24) is 0 Å². The lowest BCUT2D eigenvalue weighted by molar-refractivity contribution is -0.128. The Morgan fingerprint density at radius 2 is 1.95 bits per heavy atom. The maximum atomic E-state index is 11.8. The van der Waals surface area contributed by atoms with Crippen LogP contribution in [0.4, 0.5) is 0 Å². The van der Waals surface area contributed by atoms with Gasteiger partial charge < -0.3 is 9.47 Å². The van der Waals surface area contributed by atoms with E-state index in [4.69, 9.17) is 9.47 Å². The molecule has 0 N–H and O–H groups in total. The van der Waals surface area contributed by atoms with Crippen molar-refractivity contribution in [2.45, 2.75) is 6.92 Å². The Hall–Kier alpha value is -2.07. The molecule has 21 heavy (non-hydrogen) atoms. The molecule has 0 unspecified atom stereocenters. The summed E-state index contributed by atoms with van der Waals surface area (Å²) in [7, 11) is 0. The first kappa shape index (κ1) is 15.3. The van der Waals surface area contributed by atoms with E-state index in [1.54, 1.807) is 18.2 Å². The fourth-order valence-electron chi connectivity index (χ4n) is 1.73. The Morgan fingerprint density at radius 3 is 2.67 bits per heavy atom. The van der Waals surface area contributed by atoms with Crippen molar-refractivity contribution in [3.63, 3.8) is 0 Å². The van der Waals surface area contributed by atoms with Crippen LogP contribution in [-0.4, -0.2) is 12.6 Å². The van der Waals surface area contributed by atoms with Crippen LogP contribution < -0.4 is 9.47 Å². The van der Waals surface area contributed by atoms with Gasteiger partial charge in [0.15, 0.2) is 0 Å². The summed E-state index contributed by atoms with van der Waals surface area (Å²) in [6, 6.07) is 14.6. The zero-order valence-electron chi connectivity index (χ0n) is 11.6. The number of esters is 1. The second-order valence-electron chi connectivity index (χ2n) is 4.18. The predicted molar refractivity (Wildman–Crippen MR) is 86.4 cm³/mol. The zero-order valence-corrected chi connectivity index (χ0v) is 13.2. The van der Waals surface area contributed by atoms with Crippen LogP contribution in [0.1, 0.15) is 12.5 Å². The average molecular weight is 347 g/mol. The van der Waals surface area contributed by atoms with Gasteiger partial charge in [0, 0.05) is 16.1 Å². The largest absolute Gasteiger partial charge is 0.493 e. The normalized spacial score (nSPS) is 10.6. The maximum Gasteiger partial charge on any atom is 0.336 e. The van der Waals surface area contributed by atoms with Crippen LogP contribution in [0.25, 0.3) is 6.08 Å². The van der Waals surface area contributed by atoms with E-state index in [-0.39, 0.29) is 0 Å². The first-order valence-electron chi connectivity index (χ1n) is 6.56. The van der Waals surface area contributed by atoms with Crippen LogP contribution in [0.2, 0.25) is 0 Å². The minimum atomic E-state index is -0.427. The Balaban J connectivity index is 2.09. The molecule has 2 aromatic carbocycles. The molecular weight excluding hydrogens is 332 g/mol. The number of benzene rings is 2. The van der Waals surface area contributed by atoms with E-state index in [9.17, 15) is 4.79 Å². The van der Waals surface area contributed by atoms with Crippen LogP contribution in [0.5, 0.6) is 11.5 Å². The molecule has 0 bridgehead atoms. The molecule has 0 spiro atoms. The lowest BCUT2D eigenvalue weighted by Gasteiger charge is -2.07. The lowest BCUT2D eigenvalue weighted by Crippen LogP contribution is -2.03. The number of halogens is 1. The lowest BCUT2D eigenvalue weighted by atomic mass is 10.2. The number of carbonyl (C=O) groups is 1. The summed E-state index contributed by atoms with van der Waals surface area (Å²) in [6.07, 6.45) is 3.07. The van der Waals surface area contributed by atoms with Gasteiger partial charge in [0.2, 0.25) is 0 Å². The van der Waals surface area contributed by atoms with Gasteiger partial charge in [0.05, 0.1) is 6.61 Å². The molecule has 0 radical (unpaired) electrons. The summed E-state index contributed by atoms with van der Waals surface area (Å²) >= 11 is 3.40. The van der Waals surface area contributed by atoms with Gasteiger partial charge in [0.25, 0.3) is 0 Å². The van der Waals surface area contributed by atoms with E-state index in [2.05, 4.69) is 15.9 Å². The highest BCUT2D eigenvalue weighted by Gasteiger charge is 2.03.